The van der Waals surface area contributed by atoms with Crippen molar-refractivity contribution in [2.75, 3.05) is 46.5 Å². The van der Waals surface area contributed by atoms with Crippen molar-refractivity contribution in [1.82, 2.24) is 30.6 Å². The first-order chi connectivity index (χ1) is 26.5. The number of hydrogen-bond donors (Lipinski definition) is 3. The van der Waals surface area contributed by atoms with E-state index in [1.54, 1.807) is 48.2 Å². The quantitative estimate of drug-likeness (QED) is 0.243. The number of nitrogens with one attached hydrogen (secondary N) is 2. The zero-order valence-electron chi connectivity index (χ0n) is 31.0. The molecule has 55 heavy (non-hydrogen) atoms. The number of benzene rings is 3. The number of methoxy groups -OCH3 is 1. The number of fused-ring (bicyclic) bond motifs is 2. The number of ether oxygens (including phenoxy) is 3. The Balaban J connectivity index is 0.00000187. The summed E-state index contributed by atoms with van der Waals surface area (Å²) in [5.41, 5.74) is 1.62. The number of amides is 4. The molecule has 6 rings (SSSR count). The van der Waals surface area contributed by atoms with Crippen molar-refractivity contribution >= 4 is 30.1 Å². The third-order valence-electron chi connectivity index (χ3n) is 9.09. The lowest BCUT2D eigenvalue weighted by Gasteiger charge is -2.34. The Labute approximate surface area is 317 Å². The molecule has 3 heterocycles. The van der Waals surface area contributed by atoms with Crippen LogP contribution in [0.5, 0.6) is 11.5 Å². The highest BCUT2D eigenvalue weighted by Crippen LogP contribution is 2.31. The van der Waals surface area contributed by atoms with Crippen LogP contribution in [0.4, 0.5) is 0 Å². The molecule has 0 radical (unpaired) electrons. The van der Waals surface area contributed by atoms with E-state index >= 15 is 0 Å². The summed E-state index contributed by atoms with van der Waals surface area (Å²) in [4.78, 5) is 71.9. The minimum Gasteiger partial charge on any atom is -0.493 e. The van der Waals surface area contributed by atoms with Crippen molar-refractivity contribution in [3.05, 3.63) is 83.9 Å². The monoisotopic (exact) mass is 756 g/mol. The molecule has 3 N–H and O–H groups in total. The van der Waals surface area contributed by atoms with E-state index < -0.39 is 35.9 Å². The van der Waals surface area contributed by atoms with Gasteiger partial charge in [0.25, 0.3) is 30.1 Å². The van der Waals surface area contributed by atoms with E-state index in [2.05, 4.69) is 20.8 Å². The van der Waals surface area contributed by atoms with Gasteiger partial charge in [-0.15, -0.1) is 0 Å². The Bertz CT molecular complexity index is 1960. The first kappa shape index (κ1) is 39.9. The second-order valence-electron chi connectivity index (χ2n) is 13.1. The van der Waals surface area contributed by atoms with Crippen LogP contribution < -0.4 is 20.1 Å². The molecule has 1 saturated heterocycles. The Morgan fingerprint density at radius 1 is 0.964 bits per heavy atom. The van der Waals surface area contributed by atoms with Crippen LogP contribution in [-0.4, -0.2) is 120 Å². The molecule has 3 atom stereocenters. The summed E-state index contributed by atoms with van der Waals surface area (Å²) in [7, 11) is 1.46. The van der Waals surface area contributed by atoms with E-state index in [0.717, 1.165) is 5.56 Å². The minimum absolute atomic E-state index is 0.00682. The van der Waals surface area contributed by atoms with Gasteiger partial charge in [0, 0.05) is 36.8 Å². The second kappa shape index (κ2) is 18.6. The van der Waals surface area contributed by atoms with E-state index in [0.29, 0.717) is 43.4 Å². The zero-order valence-corrected chi connectivity index (χ0v) is 31.0. The van der Waals surface area contributed by atoms with Gasteiger partial charge in [-0.3, -0.25) is 24.0 Å². The summed E-state index contributed by atoms with van der Waals surface area (Å²) in [6.45, 7) is 6.29. The van der Waals surface area contributed by atoms with E-state index in [-0.39, 0.29) is 54.2 Å². The van der Waals surface area contributed by atoms with Gasteiger partial charge in [0.2, 0.25) is 11.7 Å². The van der Waals surface area contributed by atoms with Gasteiger partial charge < -0.3 is 44.3 Å². The smallest absolute Gasteiger partial charge is 0.290 e. The predicted molar refractivity (Wildman–Crippen MR) is 198 cm³/mol. The summed E-state index contributed by atoms with van der Waals surface area (Å²) in [6.07, 6.45) is -1.19. The molecule has 2 aliphatic rings. The molecule has 2 aliphatic heterocycles. The van der Waals surface area contributed by atoms with Gasteiger partial charge in [0.1, 0.15) is 0 Å². The van der Waals surface area contributed by atoms with Crippen LogP contribution >= 0.6 is 0 Å². The van der Waals surface area contributed by atoms with Crippen molar-refractivity contribution in [2.45, 2.75) is 39.0 Å². The number of nitrogens with zero attached hydrogens (tertiary/aromatic N) is 4. The van der Waals surface area contributed by atoms with Gasteiger partial charge in [-0.2, -0.15) is 4.98 Å². The highest BCUT2D eigenvalue weighted by molar-refractivity contribution is 6.02. The molecular formula is C39H44N6O10. The maximum atomic E-state index is 14.5. The molecule has 2 unspecified atom stereocenters. The molecule has 0 spiro atoms. The normalized spacial score (nSPS) is 19.1. The molecule has 16 heteroatoms. The van der Waals surface area contributed by atoms with Crippen molar-refractivity contribution < 1.29 is 47.8 Å². The molecule has 0 saturated carbocycles. The first-order valence-electron chi connectivity index (χ1n) is 17.7. The first-order valence-corrected chi connectivity index (χ1v) is 17.7. The summed E-state index contributed by atoms with van der Waals surface area (Å²) < 4.78 is 22.9. The molecule has 3 aromatic carbocycles. The SMILES string of the molecule is COc1ccc2cc1OC(C(=O)N1CCOCC1)[C@H](C)NC(=O)CN(C(=O)c1ccccc1-c1nc(-c3ccccc3)no1)CC(C(C)C)NC2=O.O=CO. The van der Waals surface area contributed by atoms with Crippen LogP contribution in [-0.2, 0) is 19.1 Å². The molecule has 16 nitrogen and oxygen atoms in total. The molecule has 4 amide bonds. The average Bonchev–Trinajstić information content (AvgIpc) is 3.70. The minimum atomic E-state index is -1.19. The number of rotatable bonds is 6. The standard InChI is InChI=1S/C38H42N6O8.CH2O2/c1-23(2)29-21-44(37(47)28-13-9-8-12-27(28)36-41-34(42-52-36)25-10-6-5-7-11-25)22-32(45)39-24(3)33(38(48)43-16-18-50-19-17-43)51-31-20-26(35(46)40-29)14-15-30(31)49-4;2-1-3/h5-15,20,23-24,29,33H,16-19,21-22H2,1-4H3,(H,39,45)(H,40,46);1H,(H,2,3)/t24-,29?,33?;/m0./s1. The maximum absolute atomic E-state index is 14.5. The van der Waals surface area contributed by atoms with Crippen LogP contribution in [0.3, 0.4) is 0 Å². The van der Waals surface area contributed by atoms with E-state index in [1.165, 1.54) is 18.1 Å². The van der Waals surface area contributed by atoms with Gasteiger partial charge >= 0.3 is 0 Å². The molecule has 2 bridgehead atoms. The Kier molecular flexibility index (Phi) is 13.5. The molecule has 0 aliphatic carbocycles. The Hall–Kier alpha value is -6.29. The fraction of sp³-hybridized carbons (Fsp3) is 0.359. The predicted octanol–water partition coefficient (Wildman–Crippen LogP) is 3.13. The number of carboxylic acid groups (broad SMARTS) is 1. The van der Waals surface area contributed by atoms with E-state index in [9.17, 15) is 19.2 Å². The van der Waals surface area contributed by atoms with Crippen LogP contribution in [0.2, 0.25) is 0 Å². The Morgan fingerprint density at radius 3 is 2.35 bits per heavy atom. The summed E-state index contributed by atoms with van der Waals surface area (Å²) in [5.74, 6) is -0.976. The van der Waals surface area contributed by atoms with E-state index in [1.807, 2.05) is 44.2 Å². The zero-order chi connectivity index (χ0) is 39.5. The van der Waals surface area contributed by atoms with Crippen LogP contribution in [0, 0.1) is 5.92 Å². The number of aromatic nitrogens is 2. The average molecular weight is 757 g/mol. The molecule has 290 valence electrons. The lowest BCUT2D eigenvalue weighted by molar-refractivity contribution is -0.144. The van der Waals surface area contributed by atoms with Crippen molar-refractivity contribution in [3.63, 3.8) is 0 Å². The van der Waals surface area contributed by atoms with Crippen LogP contribution in [0.1, 0.15) is 41.5 Å². The molecule has 1 aromatic heterocycles. The molecular weight excluding hydrogens is 712 g/mol. The number of carbonyl (C=O) groups is 5. The topological polar surface area (TPSA) is 203 Å². The fourth-order valence-electron chi connectivity index (χ4n) is 6.12. The van der Waals surface area contributed by atoms with Gasteiger partial charge in [0.05, 0.1) is 44.0 Å². The van der Waals surface area contributed by atoms with Crippen molar-refractivity contribution in [2.24, 2.45) is 5.92 Å². The number of carbonyl (C=O) groups excluding carboxylic acids is 4. The van der Waals surface area contributed by atoms with Crippen molar-refractivity contribution in [1.29, 1.82) is 0 Å². The van der Waals surface area contributed by atoms with E-state index in [4.69, 9.17) is 28.6 Å². The summed E-state index contributed by atoms with van der Waals surface area (Å²) in [5, 5.41) is 17.0. The largest absolute Gasteiger partial charge is 0.493 e. The Morgan fingerprint density at radius 2 is 1.65 bits per heavy atom. The van der Waals surface area contributed by atoms with Gasteiger partial charge in [0.15, 0.2) is 17.6 Å². The van der Waals surface area contributed by atoms with Gasteiger partial charge in [-0.1, -0.05) is 61.5 Å². The maximum Gasteiger partial charge on any atom is 0.290 e. The van der Waals surface area contributed by atoms with Gasteiger partial charge in [-0.05, 0) is 43.2 Å². The highest BCUT2D eigenvalue weighted by Gasteiger charge is 2.36. The lowest BCUT2D eigenvalue weighted by Crippen LogP contribution is -2.57. The second-order valence-corrected chi connectivity index (χ2v) is 13.1. The highest BCUT2D eigenvalue weighted by atomic mass is 16.5. The van der Waals surface area contributed by atoms with Crippen LogP contribution in [0.15, 0.2) is 77.3 Å². The van der Waals surface area contributed by atoms with Crippen LogP contribution in [0.25, 0.3) is 22.8 Å². The summed E-state index contributed by atoms with van der Waals surface area (Å²) >= 11 is 0. The molecule has 1 fully saturated rings. The fourth-order valence-corrected chi connectivity index (χ4v) is 6.12. The van der Waals surface area contributed by atoms with Gasteiger partial charge in [-0.25, -0.2) is 0 Å². The third-order valence-corrected chi connectivity index (χ3v) is 9.09. The third kappa shape index (κ3) is 9.83. The van der Waals surface area contributed by atoms with Crippen molar-refractivity contribution in [3.8, 4) is 34.3 Å². The lowest BCUT2D eigenvalue weighted by atomic mass is 10.0. The molecule has 4 aromatic rings. The number of hydrogen-bond acceptors (Lipinski definition) is 11. The summed E-state index contributed by atoms with van der Waals surface area (Å²) in [6, 6.07) is 19.4. The number of morpholine rings is 1.